The average Bonchev–Trinajstić information content (AvgIpc) is 2.52. The molecule has 1 atom stereocenters. The Kier molecular flexibility index (Phi) is 18.6. The van der Waals surface area contributed by atoms with E-state index < -0.39 is 6.23 Å². The highest BCUT2D eigenvalue weighted by Crippen LogP contribution is 2.04. The standard InChI is InChI=1S/C16H35NO5/c1-2-3-4-5-6-7-9-19-13-14-22-16(17)15-21-12-11-20-10-8-18/h16,18H,2-15,17H2,1H3/t16-/m1/s1. The third kappa shape index (κ3) is 17.8. The lowest BCUT2D eigenvalue weighted by Crippen LogP contribution is -2.31. The van der Waals surface area contributed by atoms with Gasteiger partial charge in [-0.3, -0.25) is 0 Å². The molecule has 0 saturated carbocycles. The van der Waals surface area contributed by atoms with E-state index in [2.05, 4.69) is 6.92 Å². The first-order valence-electron chi connectivity index (χ1n) is 8.52. The highest BCUT2D eigenvalue weighted by atomic mass is 16.6. The molecule has 0 rings (SSSR count). The maximum absolute atomic E-state index is 8.52. The summed E-state index contributed by atoms with van der Waals surface area (Å²) in [5, 5.41) is 8.52. The third-order valence-electron chi connectivity index (χ3n) is 3.09. The molecule has 22 heavy (non-hydrogen) atoms. The second-order valence-electron chi connectivity index (χ2n) is 5.20. The van der Waals surface area contributed by atoms with Crippen LogP contribution < -0.4 is 5.73 Å². The van der Waals surface area contributed by atoms with E-state index in [4.69, 9.17) is 29.8 Å². The predicted molar refractivity (Wildman–Crippen MR) is 86.8 cm³/mol. The van der Waals surface area contributed by atoms with Gasteiger partial charge in [0, 0.05) is 6.61 Å². The van der Waals surface area contributed by atoms with Gasteiger partial charge in [-0.25, -0.2) is 0 Å². The summed E-state index contributed by atoms with van der Waals surface area (Å²) in [6, 6.07) is 0. The van der Waals surface area contributed by atoms with Crippen LogP contribution in [0.5, 0.6) is 0 Å². The Balaban J connectivity index is 3.10. The minimum Gasteiger partial charge on any atom is -0.394 e. The van der Waals surface area contributed by atoms with Crippen LogP contribution in [0.4, 0.5) is 0 Å². The molecule has 0 aromatic heterocycles. The Hall–Kier alpha value is -0.240. The van der Waals surface area contributed by atoms with Gasteiger partial charge in [-0.2, -0.15) is 0 Å². The Morgan fingerprint density at radius 1 is 0.773 bits per heavy atom. The van der Waals surface area contributed by atoms with Crippen molar-refractivity contribution in [2.24, 2.45) is 5.73 Å². The van der Waals surface area contributed by atoms with Gasteiger partial charge < -0.3 is 29.8 Å². The molecule has 0 bridgehead atoms. The summed E-state index contributed by atoms with van der Waals surface area (Å²) in [5.74, 6) is 0. The molecule has 0 aliphatic heterocycles. The van der Waals surface area contributed by atoms with Crippen LogP contribution in [0.25, 0.3) is 0 Å². The fraction of sp³-hybridized carbons (Fsp3) is 1.00. The molecule has 0 aliphatic carbocycles. The van der Waals surface area contributed by atoms with Gasteiger partial charge in [0.05, 0.1) is 46.2 Å². The molecule has 6 nitrogen and oxygen atoms in total. The Bertz CT molecular complexity index is 207. The number of ether oxygens (including phenoxy) is 4. The minimum atomic E-state index is -0.435. The van der Waals surface area contributed by atoms with E-state index in [0.29, 0.717) is 39.6 Å². The number of aliphatic hydroxyl groups is 1. The summed E-state index contributed by atoms with van der Waals surface area (Å²) in [6.45, 7) is 5.68. The molecule has 134 valence electrons. The van der Waals surface area contributed by atoms with Gasteiger partial charge in [-0.1, -0.05) is 39.0 Å². The molecule has 0 radical (unpaired) electrons. The number of unbranched alkanes of at least 4 members (excludes halogenated alkanes) is 5. The average molecular weight is 321 g/mol. The lowest BCUT2D eigenvalue weighted by atomic mass is 10.1. The van der Waals surface area contributed by atoms with Gasteiger partial charge in [-0.05, 0) is 6.42 Å². The monoisotopic (exact) mass is 321 g/mol. The molecule has 0 heterocycles. The first kappa shape index (κ1) is 21.8. The quantitative estimate of drug-likeness (QED) is 0.295. The van der Waals surface area contributed by atoms with Crippen molar-refractivity contribution in [1.82, 2.24) is 0 Å². The van der Waals surface area contributed by atoms with E-state index >= 15 is 0 Å². The highest BCUT2D eigenvalue weighted by Gasteiger charge is 2.02. The van der Waals surface area contributed by atoms with Crippen molar-refractivity contribution in [3.63, 3.8) is 0 Å². The second kappa shape index (κ2) is 18.8. The first-order valence-corrected chi connectivity index (χ1v) is 8.52. The van der Waals surface area contributed by atoms with Crippen LogP contribution in [0.3, 0.4) is 0 Å². The smallest absolute Gasteiger partial charge is 0.129 e. The lowest BCUT2D eigenvalue weighted by Gasteiger charge is -2.13. The molecule has 0 amide bonds. The van der Waals surface area contributed by atoms with Gasteiger partial charge in [0.15, 0.2) is 0 Å². The fourth-order valence-corrected chi connectivity index (χ4v) is 1.88. The summed E-state index contributed by atoms with van der Waals surface area (Å²) in [7, 11) is 0. The summed E-state index contributed by atoms with van der Waals surface area (Å²) in [4.78, 5) is 0. The summed E-state index contributed by atoms with van der Waals surface area (Å²) in [5.41, 5.74) is 5.74. The van der Waals surface area contributed by atoms with Crippen molar-refractivity contribution in [2.45, 2.75) is 51.7 Å². The van der Waals surface area contributed by atoms with Crippen LogP contribution in [0.15, 0.2) is 0 Å². The van der Waals surface area contributed by atoms with Crippen LogP contribution in [0, 0.1) is 0 Å². The Labute approximate surface area is 135 Å². The van der Waals surface area contributed by atoms with Crippen molar-refractivity contribution in [3.8, 4) is 0 Å². The molecule has 6 heteroatoms. The largest absolute Gasteiger partial charge is 0.394 e. The SMILES string of the molecule is CCCCCCCCOCCO[C@@H](N)COCCOCCO. The molecule has 0 saturated heterocycles. The molecule has 0 aromatic carbocycles. The van der Waals surface area contributed by atoms with E-state index in [9.17, 15) is 0 Å². The van der Waals surface area contributed by atoms with Gasteiger partial charge in [0.25, 0.3) is 0 Å². The first-order chi connectivity index (χ1) is 10.8. The summed E-state index contributed by atoms with van der Waals surface area (Å²) < 4.78 is 21.2. The van der Waals surface area contributed by atoms with Crippen LogP contribution >= 0.6 is 0 Å². The number of hydrogen-bond donors (Lipinski definition) is 2. The van der Waals surface area contributed by atoms with Gasteiger partial charge >= 0.3 is 0 Å². The number of nitrogens with two attached hydrogens (primary N) is 1. The van der Waals surface area contributed by atoms with Crippen LogP contribution in [0.1, 0.15) is 45.4 Å². The zero-order valence-electron chi connectivity index (χ0n) is 14.1. The fourth-order valence-electron chi connectivity index (χ4n) is 1.88. The normalized spacial score (nSPS) is 12.7. The molecule has 0 aliphatic rings. The zero-order chi connectivity index (χ0) is 16.3. The predicted octanol–water partition coefficient (Wildman–Crippen LogP) is 1.69. The molecular formula is C16H35NO5. The maximum Gasteiger partial charge on any atom is 0.129 e. The van der Waals surface area contributed by atoms with E-state index in [0.717, 1.165) is 13.0 Å². The maximum atomic E-state index is 8.52. The summed E-state index contributed by atoms with van der Waals surface area (Å²) >= 11 is 0. The molecule has 0 unspecified atom stereocenters. The highest BCUT2D eigenvalue weighted by molar-refractivity contribution is 4.46. The molecule has 0 aromatic rings. The molecule has 3 N–H and O–H groups in total. The Morgan fingerprint density at radius 3 is 2.18 bits per heavy atom. The topological polar surface area (TPSA) is 83.2 Å². The van der Waals surface area contributed by atoms with E-state index in [1.165, 1.54) is 32.1 Å². The van der Waals surface area contributed by atoms with Crippen LogP contribution in [-0.4, -0.2) is 64.2 Å². The van der Waals surface area contributed by atoms with Crippen LogP contribution in [0.2, 0.25) is 0 Å². The second-order valence-corrected chi connectivity index (χ2v) is 5.20. The van der Waals surface area contributed by atoms with E-state index in [1.54, 1.807) is 0 Å². The van der Waals surface area contributed by atoms with Gasteiger partial charge in [-0.15, -0.1) is 0 Å². The third-order valence-corrected chi connectivity index (χ3v) is 3.09. The van der Waals surface area contributed by atoms with Crippen molar-refractivity contribution >= 4 is 0 Å². The van der Waals surface area contributed by atoms with Crippen molar-refractivity contribution in [3.05, 3.63) is 0 Å². The van der Waals surface area contributed by atoms with Crippen molar-refractivity contribution in [2.75, 3.05) is 52.9 Å². The lowest BCUT2D eigenvalue weighted by molar-refractivity contribution is -0.0461. The Morgan fingerprint density at radius 2 is 1.41 bits per heavy atom. The van der Waals surface area contributed by atoms with E-state index in [1.807, 2.05) is 0 Å². The number of hydrogen-bond acceptors (Lipinski definition) is 6. The molecular weight excluding hydrogens is 286 g/mol. The summed E-state index contributed by atoms with van der Waals surface area (Å²) in [6.07, 6.45) is 7.18. The molecule has 0 fully saturated rings. The molecule has 0 spiro atoms. The zero-order valence-corrected chi connectivity index (χ0v) is 14.1. The van der Waals surface area contributed by atoms with Gasteiger partial charge in [0.1, 0.15) is 6.23 Å². The van der Waals surface area contributed by atoms with Crippen molar-refractivity contribution < 1.29 is 24.1 Å². The minimum absolute atomic E-state index is 0.0291. The van der Waals surface area contributed by atoms with Gasteiger partial charge in [0.2, 0.25) is 0 Å². The van der Waals surface area contributed by atoms with Crippen molar-refractivity contribution in [1.29, 1.82) is 0 Å². The number of rotatable bonds is 18. The number of aliphatic hydroxyl groups excluding tert-OH is 1. The van der Waals surface area contributed by atoms with Crippen LogP contribution in [-0.2, 0) is 18.9 Å². The van der Waals surface area contributed by atoms with E-state index in [-0.39, 0.29) is 6.61 Å².